The molecule has 0 radical (unpaired) electrons. The van der Waals surface area contributed by atoms with E-state index in [1.165, 1.54) is 6.07 Å². The van der Waals surface area contributed by atoms with Crippen LogP contribution >= 0.6 is 0 Å². The molecule has 31 heavy (non-hydrogen) atoms. The summed E-state index contributed by atoms with van der Waals surface area (Å²) < 4.78 is 45.9. The molecule has 2 heterocycles. The lowest BCUT2D eigenvalue weighted by Crippen LogP contribution is -2.55. The number of carboxylic acid groups (broad SMARTS) is 1. The van der Waals surface area contributed by atoms with E-state index in [0.29, 0.717) is 23.0 Å². The number of alkyl halides is 3. The number of nitrogens with one attached hydrogen (secondary N) is 2. The van der Waals surface area contributed by atoms with E-state index in [4.69, 9.17) is 14.6 Å². The Hall–Kier alpha value is -2.98. The molecule has 1 aromatic rings. The molecular weight excluding hydrogens is 417 g/mol. The minimum absolute atomic E-state index is 0.0901. The van der Waals surface area contributed by atoms with Crippen LogP contribution in [0.1, 0.15) is 51.5 Å². The summed E-state index contributed by atoms with van der Waals surface area (Å²) in [5, 5.41) is 14.7. The average Bonchev–Trinajstić information content (AvgIpc) is 2.64. The zero-order valence-electron chi connectivity index (χ0n) is 17.4. The van der Waals surface area contributed by atoms with Gasteiger partial charge >= 0.3 is 6.18 Å². The Morgan fingerprint density at radius 2 is 2.03 bits per heavy atom. The molecule has 1 saturated carbocycles. The molecule has 0 bridgehead atoms. The number of carbonyl (C=O) groups excluding carboxylic acids is 1. The van der Waals surface area contributed by atoms with Crippen LogP contribution in [-0.4, -0.2) is 47.7 Å². The summed E-state index contributed by atoms with van der Waals surface area (Å²) in [7, 11) is 0. The molecule has 2 atom stereocenters. The Bertz CT molecular complexity index is 895. The predicted octanol–water partition coefficient (Wildman–Crippen LogP) is 3.44. The van der Waals surface area contributed by atoms with Gasteiger partial charge in [0.15, 0.2) is 5.84 Å². The fourth-order valence-electron chi connectivity index (χ4n) is 3.52. The molecule has 3 aliphatic rings. The second-order valence-corrected chi connectivity index (χ2v) is 7.80. The number of nitrogens with zero attached hydrogens (tertiary/aromatic N) is 2. The van der Waals surface area contributed by atoms with E-state index < -0.39 is 24.1 Å². The van der Waals surface area contributed by atoms with E-state index in [1.807, 2.05) is 0 Å². The number of halogens is 3. The third kappa shape index (κ3) is 4.86. The minimum atomic E-state index is -4.36. The molecule has 1 fully saturated rings. The van der Waals surface area contributed by atoms with Crippen molar-refractivity contribution in [3.05, 3.63) is 17.7 Å². The summed E-state index contributed by atoms with van der Waals surface area (Å²) in [4.78, 5) is 22.7. The van der Waals surface area contributed by atoms with E-state index in [0.717, 1.165) is 33.1 Å². The fourth-order valence-corrected chi connectivity index (χ4v) is 3.52. The van der Waals surface area contributed by atoms with Crippen LogP contribution in [0.15, 0.2) is 17.2 Å². The predicted molar refractivity (Wildman–Crippen MR) is 108 cm³/mol. The third-order valence-corrected chi connectivity index (χ3v) is 5.51. The van der Waals surface area contributed by atoms with E-state index >= 15 is 0 Å². The van der Waals surface area contributed by atoms with Crippen molar-refractivity contribution in [2.75, 3.05) is 16.8 Å². The Labute approximate surface area is 177 Å². The SMILES string of the molecule is CC(=O)O.C[C@@H]1C(=O)NN=C2COc3cc([C@@H](C)C(F)(F)F)c(NC4CCC4)cc3N21. The molecule has 170 valence electrons. The molecule has 4 rings (SSSR count). The van der Waals surface area contributed by atoms with Gasteiger partial charge in [0.1, 0.15) is 18.4 Å². The van der Waals surface area contributed by atoms with E-state index in [-0.39, 0.29) is 24.1 Å². The maximum atomic E-state index is 13.4. The summed E-state index contributed by atoms with van der Waals surface area (Å²) >= 11 is 0. The number of fused-ring (bicyclic) bond motifs is 3. The number of aliphatic carboxylic acids is 1. The highest BCUT2D eigenvalue weighted by molar-refractivity contribution is 6.09. The first kappa shape index (κ1) is 22.7. The van der Waals surface area contributed by atoms with Crippen LogP contribution in [0.2, 0.25) is 0 Å². The highest BCUT2D eigenvalue weighted by atomic mass is 19.4. The molecule has 1 aliphatic carbocycles. The number of hydrogen-bond acceptors (Lipinski definition) is 6. The molecule has 0 unspecified atom stereocenters. The number of carboxylic acids is 1. The summed E-state index contributed by atoms with van der Waals surface area (Å²) in [6.45, 7) is 4.05. The van der Waals surface area contributed by atoms with Gasteiger partial charge in [-0.1, -0.05) is 0 Å². The smallest absolute Gasteiger partial charge is 0.395 e. The van der Waals surface area contributed by atoms with Crippen LogP contribution in [0.4, 0.5) is 24.5 Å². The zero-order valence-corrected chi connectivity index (χ0v) is 17.4. The van der Waals surface area contributed by atoms with Crippen LogP contribution in [0.5, 0.6) is 5.75 Å². The minimum Gasteiger partial charge on any atom is -0.483 e. The first-order valence-electron chi connectivity index (χ1n) is 9.98. The van der Waals surface area contributed by atoms with Crippen molar-refractivity contribution in [1.29, 1.82) is 0 Å². The summed E-state index contributed by atoms with van der Waals surface area (Å²) in [5.41, 5.74) is 3.59. The number of hydrogen-bond donors (Lipinski definition) is 3. The van der Waals surface area contributed by atoms with Gasteiger partial charge in [-0.25, -0.2) is 5.43 Å². The van der Waals surface area contributed by atoms with Crippen molar-refractivity contribution in [3.63, 3.8) is 0 Å². The molecular formula is C20H25F3N4O4. The van der Waals surface area contributed by atoms with Crippen molar-refractivity contribution in [2.45, 2.75) is 64.2 Å². The number of ether oxygens (including phenoxy) is 1. The average molecular weight is 442 g/mol. The van der Waals surface area contributed by atoms with Crippen molar-refractivity contribution in [1.82, 2.24) is 5.43 Å². The van der Waals surface area contributed by atoms with Gasteiger partial charge in [-0.3, -0.25) is 9.59 Å². The van der Waals surface area contributed by atoms with Gasteiger partial charge in [-0.2, -0.15) is 18.3 Å². The van der Waals surface area contributed by atoms with Crippen LogP contribution in [-0.2, 0) is 9.59 Å². The number of rotatable bonds is 3. The number of hydrazone groups is 1. The van der Waals surface area contributed by atoms with E-state index in [9.17, 15) is 18.0 Å². The first-order chi connectivity index (χ1) is 14.5. The maximum Gasteiger partial charge on any atom is 0.395 e. The maximum absolute atomic E-state index is 13.4. The van der Waals surface area contributed by atoms with Gasteiger partial charge in [0.05, 0.1) is 11.6 Å². The van der Waals surface area contributed by atoms with Crippen LogP contribution in [0.25, 0.3) is 0 Å². The van der Waals surface area contributed by atoms with Gasteiger partial charge in [0.25, 0.3) is 11.9 Å². The number of amidine groups is 1. The normalized spacial score (nSPS) is 21.1. The lowest BCUT2D eigenvalue weighted by molar-refractivity contribution is -0.146. The second-order valence-electron chi connectivity index (χ2n) is 7.80. The Balaban J connectivity index is 0.000000628. The molecule has 11 heteroatoms. The molecule has 1 amide bonds. The second kappa shape index (κ2) is 8.64. The summed E-state index contributed by atoms with van der Waals surface area (Å²) in [6.07, 6.45) is -1.43. The molecule has 0 spiro atoms. The van der Waals surface area contributed by atoms with Crippen LogP contribution < -0.4 is 20.4 Å². The van der Waals surface area contributed by atoms with E-state index in [1.54, 1.807) is 17.9 Å². The Morgan fingerprint density at radius 3 is 2.58 bits per heavy atom. The molecule has 1 aromatic carbocycles. The monoisotopic (exact) mass is 442 g/mol. The number of carbonyl (C=O) groups is 2. The van der Waals surface area contributed by atoms with Gasteiger partial charge in [-0.05, 0) is 50.8 Å². The lowest BCUT2D eigenvalue weighted by Gasteiger charge is -2.39. The number of anilines is 2. The van der Waals surface area contributed by atoms with Crippen molar-refractivity contribution < 1.29 is 32.6 Å². The van der Waals surface area contributed by atoms with Crippen molar-refractivity contribution >= 4 is 29.1 Å². The highest BCUT2D eigenvalue weighted by Crippen LogP contribution is 2.45. The van der Waals surface area contributed by atoms with Gasteiger partial charge in [0, 0.05) is 18.7 Å². The summed E-state index contributed by atoms with van der Waals surface area (Å²) in [6, 6.07) is 2.75. The number of amides is 1. The zero-order chi connectivity index (χ0) is 22.9. The fraction of sp³-hybridized carbons (Fsp3) is 0.550. The standard InChI is InChI=1S/C18H21F3N4O2.C2H4O2/c1-9(18(19,20)21)12-6-15-14(7-13(12)22-11-4-3-5-11)25-10(2)17(26)24-23-16(25)8-27-15;1-2(3)4/h6-7,9-11,22H,3-5,8H2,1-2H3,(H,24,26);1H3,(H,3,4)/t9-,10-;/m1./s1. The quantitative estimate of drug-likeness (QED) is 0.663. The third-order valence-electron chi connectivity index (χ3n) is 5.51. The van der Waals surface area contributed by atoms with Crippen LogP contribution in [0, 0.1) is 0 Å². The van der Waals surface area contributed by atoms with Gasteiger partial charge in [0.2, 0.25) is 0 Å². The Morgan fingerprint density at radius 1 is 1.39 bits per heavy atom. The van der Waals surface area contributed by atoms with Gasteiger partial charge in [-0.15, -0.1) is 0 Å². The molecule has 8 nitrogen and oxygen atoms in total. The largest absolute Gasteiger partial charge is 0.483 e. The first-order valence-corrected chi connectivity index (χ1v) is 9.98. The van der Waals surface area contributed by atoms with Crippen LogP contribution in [0.3, 0.4) is 0 Å². The van der Waals surface area contributed by atoms with E-state index in [2.05, 4.69) is 15.8 Å². The molecule has 0 aromatic heterocycles. The van der Waals surface area contributed by atoms with Gasteiger partial charge < -0.3 is 20.1 Å². The molecule has 2 aliphatic heterocycles. The Kier molecular flexibility index (Phi) is 6.33. The van der Waals surface area contributed by atoms with Crippen molar-refractivity contribution in [3.8, 4) is 5.75 Å². The highest BCUT2D eigenvalue weighted by Gasteiger charge is 2.41. The molecule has 0 saturated heterocycles. The summed E-state index contributed by atoms with van der Waals surface area (Å²) in [5.74, 6) is -1.87. The topological polar surface area (TPSA) is 103 Å². The lowest BCUT2D eigenvalue weighted by atomic mass is 9.91. The number of benzene rings is 1. The van der Waals surface area contributed by atoms with Crippen molar-refractivity contribution in [2.24, 2.45) is 5.10 Å². The molecule has 3 N–H and O–H groups in total.